The zero-order chi connectivity index (χ0) is 16.9. The van der Waals surface area contributed by atoms with Crippen molar-refractivity contribution in [2.24, 2.45) is 0 Å². The van der Waals surface area contributed by atoms with Crippen LogP contribution in [0.5, 0.6) is 0 Å². The molecule has 2 rings (SSSR count). The van der Waals surface area contributed by atoms with Gasteiger partial charge in [0.05, 0.1) is 17.5 Å². The van der Waals surface area contributed by atoms with Gasteiger partial charge in [-0.3, -0.25) is 4.72 Å². The summed E-state index contributed by atoms with van der Waals surface area (Å²) in [6.45, 7) is 4.59. The molecule has 0 spiro atoms. The summed E-state index contributed by atoms with van der Waals surface area (Å²) in [6, 6.07) is 4.71. The van der Waals surface area contributed by atoms with E-state index in [-0.39, 0.29) is 17.9 Å². The van der Waals surface area contributed by atoms with Gasteiger partial charge in [0.2, 0.25) is 10.0 Å². The van der Waals surface area contributed by atoms with Gasteiger partial charge in [-0.1, -0.05) is 0 Å². The lowest BCUT2D eigenvalue weighted by Crippen LogP contribution is -2.35. The van der Waals surface area contributed by atoms with E-state index in [4.69, 9.17) is 4.74 Å². The fourth-order valence-electron chi connectivity index (χ4n) is 2.28. The highest BCUT2D eigenvalue weighted by Crippen LogP contribution is 2.21. The van der Waals surface area contributed by atoms with Gasteiger partial charge in [-0.2, -0.15) is 0 Å². The fraction of sp³-hybridized carbons (Fsp3) is 0.533. The molecule has 23 heavy (non-hydrogen) atoms. The Morgan fingerprint density at radius 3 is 2.78 bits per heavy atom. The van der Waals surface area contributed by atoms with Crippen LogP contribution >= 0.6 is 0 Å². The van der Waals surface area contributed by atoms with E-state index in [9.17, 15) is 13.2 Å². The van der Waals surface area contributed by atoms with Gasteiger partial charge in [0.25, 0.3) is 0 Å². The lowest BCUT2D eigenvalue weighted by molar-refractivity contribution is 0.112. The van der Waals surface area contributed by atoms with Crippen LogP contribution in [0.2, 0.25) is 0 Å². The van der Waals surface area contributed by atoms with Gasteiger partial charge in [0, 0.05) is 18.8 Å². The molecule has 7 nitrogen and oxygen atoms in total. The molecule has 3 N–H and O–H groups in total. The Labute approximate surface area is 136 Å². The van der Waals surface area contributed by atoms with E-state index >= 15 is 0 Å². The van der Waals surface area contributed by atoms with Crippen LogP contribution in [-0.2, 0) is 14.8 Å². The molecule has 1 aliphatic rings. The minimum Gasteiger partial charge on any atom is -0.376 e. The third-order valence-corrected chi connectivity index (χ3v) is 4.94. The maximum atomic E-state index is 11.9. The number of ether oxygens (including phenoxy) is 1. The van der Waals surface area contributed by atoms with E-state index in [1.165, 1.54) is 0 Å². The van der Waals surface area contributed by atoms with Crippen LogP contribution in [0, 0.1) is 6.92 Å². The Kier molecular flexibility index (Phi) is 5.84. The van der Waals surface area contributed by atoms with Crippen LogP contribution in [-0.4, -0.2) is 39.5 Å². The summed E-state index contributed by atoms with van der Waals surface area (Å²) in [6.07, 6.45) is 2.09. The molecule has 2 amide bonds. The zero-order valence-corrected chi connectivity index (χ0v) is 14.2. The van der Waals surface area contributed by atoms with Crippen molar-refractivity contribution in [3.63, 3.8) is 0 Å². The Morgan fingerprint density at radius 1 is 1.39 bits per heavy atom. The first-order valence-corrected chi connectivity index (χ1v) is 9.32. The molecular formula is C15H23N3O4S. The molecule has 0 aromatic heterocycles. The number of rotatable bonds is 6. The Hall–Kier alpha value is -1.80. The van der Waals surface area contributed by atoms with Crippen molar-refractivity contribution in [3.8, 4) is 0 Å². The van der Waals surface area contributed by atoms with E-state index in [1.54, 1.807) is 32.0 Å². The van der Waals surface area contributed by atoms with Crippen molar-refractivity contribution >= 4 is 27.4 Å². The van der Waals surface area contributed by atoms with Crippen molar-refractivity contribution in [1.29, 1.82) is 0 Å². The second-order valence-corrected chi connectivity index (χ2v) is 7.52. The lowest BCUT2D eigenvalue weighted by Gasteiger charge is -2.13. The predicted octanol–water partition coefficient (Wildman–Crippen LogP) is 2.06. The molecule has 1 saturated heterocycles. The van der Waals surface area contributed by atoms with Gasteiger partial charge in [0.1, 0.15) is 0 Å². The summed E-state index contributed by atoms with van der Waals surface area (Å²) in [5.41, 5.74) is 1.85. The molecule has 1 atom stereocenters. The maximum absolute atomic E-state index is 11.9. The number of aryl methyl sites for hydroxylation is 1. The molecule has 128 valence electrons. The SMILES string of the molecule is CCS(=O)(=O)Nc1ccc(NC(=O)NC[C@@H]2CCCO2)cc1C. The number of amides is 2. The first-order chi connectivity index (χ1) is 10.9. The average molecular weight is 341 g/mol. The molecule has 1 fully saturated rings. The Bertz CT molecular complexity index is 655. The zero-order valence-electron chi connectivity index (χ0n) is 13.4. The van der Waals surface area contributed by atoms with Crippen molar-refractivity contribution in [3.05, 3.63) is 23.8 Å². The third kappa shape index (κ3) is 5.40. The first-order valence-electron chi connectivity index (χ1n) is 7.67. The molecule has 0 saturated carbocycles. The molecule has 0 radical (unpaired) electrons. The number of carbonyl (C=O) groups is 1. The highest BCUT2D eigenvalue weighted by molar-refractivity contribution is 7.92. The summed E-state index contributed by atoms with van der Waals surface area (Å²) in [5.74, 6) is 0.0120. The molecule has 0 aliphatic carbocycles. The Morgan fingerprint density at radius 2 is 2.17 bits per heavy atom. The summed E-state index contributed by atoms with van der Waals surface area (Å²) in [7, 11) is -3.31. The average Bonchev–Trinajstić information content (AvgIpc) is 3.01. The second-order valence-electron chi connectivity index (χ2n) is 5.51. The highest BCUT2D eigenvalue weighted by atomic mass is 32.2. The van der Waals surface area contributed by atoms with Gasteiger partial charge in [-0.25, -0.2) is 13.2 Å². The number of benzene rings is 1. The predicted molar refractivity (Wildman–Crippen MR) is 90.3 cm³/mol. The topological polar surface area (TPSA) is 96.5 Å². The number of nitrogens with one attached hydrogen (secondary N) is 3. The van der Waals surface area contributed by atoms with Crippen molar-refractivity contribution in [2.75, 3.05) is 28.9 Å². The number of hydrogen-bond acceptors (Lipinski definition) is 4. The van der Waals surface area contributed by atoms with Crippen LogP contribution in [0.4, 0.5) is 16.2 Å². The molecular weight excluding hydrogens is 318 g/mol. The van der Waals surface area contributed by atoms with Crippen LogP contribution in [0.25, 0.3) is 0 Å². The van der Waals surface area contributed by atoms with Crippen molar-refractivity contribution in [2.45, 2.75) is 32.8 Å². The van der Waals surface area contributed by atoms with E-state index < -0.39 is 10.0 Å². The summed E-state index contributed by atoms with van der Waals surface area (Å²) in [5, 5.41) is 5.50. The molecule has 1 aliphatic heterocycles. The van der Waals surface area contributed by atoms with Gasteiger partial charge in [-0.15, -0.1) is 0 Å². The van der Waals surface area contributed by atoms with E-state index in [2.05, 4.69) is 15.4 Å². The van der Waals surface area contributed by atoms with Gasteiger partial charge < -0.3 is 15.4 Å². The molecule has 1 aromatic rings. The number of carbonyl (C=O) groups excluding carboxylic acids is 1. The summed E-state index contributed by atoms with van der Waals surface area (Å²) < 4.78 is 31.1. The van der Waals surface area contributed by atoms with Gasteiger partial charge >= 0.3 is 6.03 Å². The van der Waals surface area contributed by atoms with E-state index in [0.717, 1.165) is 25.0 Å². The van der Waals surface area contributed by atoms with Crippen LogP contribution < -0.4 is 15.4 Å². The maximum Gasteiger partial charge on any atom is 0.319 e. The summed E-state index contributed by atoms with van der Waals surface area (Å²) in [4.78, 5) is 11.9. The normalized spacial score (nSPS) is 17.7. The van der Waals surface area contributed by atoms with E-state index in [1.807, 2.05) is 0 Å². The quantitative estimate of drug-likeness (QED) is 0.738. The van der Waals surface area contributed by atoms with Gasteiger partial charge in [-0.05, 0) is 50.5 Å². The molecule has 0 bridgehead atoms. The highest BCUT2D eigenvalue weighted by Gasteiger charge is 2.16. The molecule has 1 aromatic carbocycles. The number of sulfonamides is 1. The fourth-order valence-corrected chi connectivity index (χ4v) is 2.99. The third-order valence-electron chi connectivity index (χ3n) is 3.64. The lowest BCUT2D eigenvalue weighted by atomic mass is 10.2. The van der Waals surface area contributed by atoms with Crippen molar-refractivity contribution < 1.29 is 17.9 Å². The summed E-state index contributed by atoms with van der Waals surface area (Å²) >= 11 is 0. The smallest absolute Gasteiger partial charge is 0.319 e. The van der Waals surface area contributed by atoms with Crippen LogP contribution in [0.15, 0.2) is 18.2 Å². The minimum absolute atomic E-state index is 0.0120. The van der Waals surface area contributed by atoms with Crippen LogP contribution in [0.1, 0.15) is 25.3 Å². The number of urea groups is 1. The van der Waals surface area contributed by atoms with Crippen molar-refractivity contribution in [1.82, 2.24) is 5.32 Å². The number of hydrogen-bond donors (Lipinski definition) is 3. The molecule has 1 heterocycles. The number of anilines is 2. The standard InChI is InChI=1S/C15H23N3O4S/c1-3-23(20,21)18-14-7-6-12(9-11(14)2)17-15(19)16-10-13-5-4-8-22-13/h6-7,9,13,18H,3-5,8,10H2,1-2H3,(H2,16,17,19)/t13-/m0/s1. The minimum atomic E-state index is -3.31. The van der Waals surface area contributed by atoms with Gasteiger partial charge in [0.15, 0.2) is 0 Å². The van der Waals surface area contributed by atoms with E-state index in [0.29, 0.717) is 17.9 Å². The monoisotopic (exact) mass is 341 g/mol. The molecule has 0 unspecified atom stereocenters. The second kappa shape index (κ2) is 7.65. The first kappa shape index (κ1) is 17.6. The largest absolute Gasteiger partial charge is 0.376 e. The van der Waals surface area contributed by atoms with Crippen LogP contribution in [0.3, 0.4) is 0 Å². The Balaban J connectivity index is 1.90. The molecule has 8 heteroatoms.